The van der Waals surface area contributed by atoms with Crippen LogP contribution in [-0.4, -0.2) is 25.2 Å². The second-order valence-corrected chi connectivity index (χ2v) is 5.25. The van der Waals surface area contributed by atoms with E-state index in [1.54, 1.807) is 13.2 Å². The Morgan fingerprint density at radius 3 is 2.84 bits per heavy atom. The van der Waals surface area contributed by atoms with E-state index in [0.717, 1.165) is 31.4 Å². The highest BCUT2D eigenvalue weighted by Gasteiger charge is 2.23. The van der Waals surface area contributed by atoms with Crippen LogP contribution in [0.3, 0.4) is 0 Å². The first kappa shape index (κ1) is 14.0. The van der Waals surface area contributed by atoms with Crippen LogP contribution in [0.5, 0.6) is 0 Å². The van der Waals surface area contributed by atoms with Gasteiger partial charge in [-0.25, -0.2) is 0 Å². The Kier molecular flexibility index (Phi) is 4.56. The van der Waals surface area contributed by atoms with Crippen molar-refractivity contribution in [3.8, 4) is 0 Å². The molecule has 3 N–H and O–H groups in total. The Morgan fingerprint density at radius 1 is 1.47 bits per heavy atom. The maximum absolute atomic E-state index is 11.1. The SMILES string of the molecule is COC1CCC(NCc2ccc(C(N)=O)cc2C)C1. The number of nitrogens with two attached hydrogens (primary N) is 1. The molecule has 1 aromatic rings. The van der Waals surface area contributed by atoms with Gasteiger partial charge in [0.2, 0.25) is 5.91 Å². The molecular weight excluding hydrogens is 240 g/mol. The Balaban J connectivity index is 1.91. The lowest BCUT2D eigenvalue weighted by molar-refractivity contribution is 0.1000. The van der Waals surface area contributed by atoms with Gasteiger partial charge in [0.25, 0.3) is 0 Å². The van der Waals surface area contributed by atoms with E-state index in [2.05, 4.69) is 5.32 Å². The number of methoxy groups -OCH3 is 1. The van der Waals surface area contributed by atoms with E-state index in [-0.39, 0.29) is 5.91 Å². The molecule has 1 aliphatic rings. The average Bonchev–Trinajstić information content (AvgIpc) is 2.85. The fourth-order valence-corrected chi connectivity index (χ4v) is 2.64. The number of amides is 1. The van der Waals surface area contributed by atoms with Gasteiger partial charge < -0.3 is 15.8 Å². The first-order chi connectivity index (χ1) is 9.10. The van der Waals surface area contributed by atoms with Gasteiger partial charge in [0.05, 0.1) is 6.10 Å². The molecule has 0 aliphatic heterocycles. The monoisotopic (exact) mass is 262 g/mol. The minimum atomic E-state index is -0.374. The number of carbonyl (C=O) groups excluding carboxylic acids is 1. The molecule has 104 valence electrons. The molecule has 2 atom stereocenters. The normalized spacial score (nSPS) is 22.6. The molecule has 1 aliphatic carbocycles. The van der Waals surface area contributed by atoms with Crippen LogP contribution in [-0.2, 0) is 11.3 Å². The predicted octanol–water partition coefficient (Wildman–Crippen LogP) is 1.75. The summed E-state index contributed by atoms with van der Waals surface area (Å²) < 4.78 is 5.37. The predicted molar refractivity (Wildman–Crippen MR) is 75.0 cm³/mol. The number of hydrogen-bond acceptors (Lipinski definition) is 3. The first-order valence-corrected chi connectivity index (χ1v) is 6.75. The Morgan fingerprint density at radius 2 is 2.26 bits per heavy atom. The molecule has 1 saturated carbocycles. The van der Waals surface area contributed by atoms with Gasteiger partial charge in [-0.2, -0.15) is 0 Å². The molecule has 0 bridgehead atoms. The number of ether oxygens (including phenoxy) is 1. The van der Waals surface area contributed by atoms with Crippen molar-refractivity contribution in [3.63, 3.8) is 0 Å². The van der Waals surface area contributed by atoms with Gasteiger partial charge in [0.15, 0.2) is 0 Å². The van der Waals surface area contributed by atoms with E-state index in [4.69, 9.17) is 10.5 Å². The summed E-state index contributed by atoms with van der Waals surface area (Å²) in [6.07, 6.45) is 3.77. The van der Waals surface area contributed by atoms with Crippen molar-refractivity contribution in [2.24, 2.45) is 5.73 Å². The second-order valence-electron chi connectivity index (χ2n) is 5.25. The fraction of sp³-hybridized carbons (Fsp3) is 0.533. The smallest absolute Gasteiger partial charge is 0.248 e. The fourth-order valence-electron chi connectivity index (χ4n) is 2.64. The maximum atomic E-state index is 11.1. The van der Waals surface area contributed by atoms with Gasteiger partial charge in [-0.15, -0.1) is 0 Å². The Bertz CT molecular complexity index is 459. The molecule has 2 unspecified atom stereocenters. The van der Waals surface area contributed by atoms with Crippen LogP contribution in [0.4, 0.5) is 0 Å². The van der Waals surface area contributed by atoms with Gasteiger partial charge in [-0.1, -0.05) is 6.07 Å². The third-order valence-corrected chi connectivity index (χ3v) is 3.93. The van der Waals surface area contributed by atoms with E-state index >= 15 is 0 Å². The molecule has 1 aromatic carbocycles. The first-order valence-electron chi connectivity index (χ1n) is 6.75. The lowest BCUT2D eigenvalue weighted by Gasteiger charge is -2.14. The van der Waals surface area contributed by atoms with E-state index in [0.29, 0.717) is 17.7 Å². The van der Waals surface area contributed by atoms with Crippen LogP contribution in [0.2, 0.25) is 0 Å². The van der Waals surface area contributed by atoms with E-state index in [1.165, 1.54) is 5.56 Å². The van der Waals surface area contributed by atoms with Crippen LogP contribution < -0.4 is 11.1 Å². The highest BCUT2D eigenvalue weighted by Crippen LogP contribution is 2.22. The lowest BCUT2D eigenvalue weighted by atomic mass is 10.0. The second kappa shape index (κ2) is 6.17. The van der Waals surface area contributed by atoms with Gasteiger partial charge in [0, 0.05) is 25.3 Å². The third-order valence-electron chi connectivity index (χ3n) is 3.93. The largest absolute Gasteiger partial charge is 0.381 e. The van der Waals surface area contributed by atoms with Gasteiger partial charge in [0.1, 0.15) is 0 Å². The van der Waals surface area contributed by atoms with E-state index < -0.39 is 0 Å². The van der Waals surface area contributed by atoms with E-state index in [9.17, 15) is 4.79 Å². The van der Waals surface area contributed by atoms with Crippen molar-refractivity contribution in [2.75, 3.05) is 7.11 Å². The summed E-state index contributed by atoms with van der Waals surface area (Å²) in [5.74, 6) is -0.374. The zero-order valence-corrected chi connectivity index (χ0v) is 11.6. The molecule has 1 amide bonds. The molecular formula is C15H22N2O2. The van der Waals surface area contributed by atoms with Crippen molar-refractivity contribution < 1.29 is 9.53 Å². The summed E-state index contributed by atoms with van der Waals surface area (Å²) in [7, 11) is 1.78. The quantitative estimate of drug-likeness (QED) is 0.849. The van der Waals surface area contributed by atoms with Crippen molar-refractivity contribution >= 4 is 5.91 Å². The maximum Gasteiger partial charge on any atom is 0.248 e. The molecule has 0 saturated heterocycles. The summed E-state index contributed by atoms with van der Waals surface area (Å²) in [4.78, 5) is 11.1. The number of rotatable bonds is 5. The summed E-state index contributed by atoms with van der Waals surface area (Å²) in [5, 5.41) is 3.56. The average molecular weight is 262 g/mol. The molecule has 4 nitrogen and oxygen atoms in total. The number of primary amides is 1. The molecule has 19 heavy (non-hydrogen) atoms. The van der Waals surface area contributed by atoms with Crippen LogP contribution in [0.1, 0.15) is 40.7 Å². The molecule has 0 spiro atoms. The Hall–Kier alpha value is -1.39. The number of nitrogens with one attached hydrogen (secondary N) is 1. The van der Waals surface area contributed by atoms with Crippen LogP contribution in [0.15, 0.2) is 18.2 Å². The zero-order valence-electron chi connectivity index (χ0n) is 11.6. The van der Waals surface area contributed by atoms with Gasteiger partial charge >= 0.3 is 0 Å². The third kappa shape index (κ3) is 3.55. The standard InChI is InChI=1S/C15H22N2O2/c1-10-7-11(15(16)18)3-4-12(10)9-17-13-5-6-14(8-13)19-2/h3-4,7,13-14,17H,5-6,8-9H2,1-2H3,(H2,16,18). The van der Waals surface area contributed by atoms with Crippen molar-refractivity contribution in [1.29, 1.82) is 0 Å². The highest BCUT2D eigenvalue weighted by molar-refractivity contribution is 5.93. The molecule has 0 aromatic heterocycles. The van der Waals surface area contributed by atoms with Crippen molar-refractivity contribution in [3.05, 3.63) is 34.9 Å². The van der Waals surface area contributed by atoms with Crippen molar-refractivity contribution in [1.82, 2.24) is 5.32 Å². The van der Waals surface area contributed by atoms with E-state index in [1.807, 2.05) is 19.1 Å². The molecule has 1 fully saturated rings. The minimum absolute atomic E-state index is 0.374. The molecule has 2 rings (SSSR count). The lowest BCUT2D eigenvalue weighted by Crippen LogP contribution is -2.27. The minimum Gasteiger partial charge on any atom is -0.381 e. The molecule has 0 heterocycles. The van der Waals surface area contributed by atoms with Gasteiger partial charge in [-0.3, -0.25) is 4.79 Å². The molecule has 0 radical (unpaired) electrons. The number of benzene rings is 1. The van der Waals surface area contributed by atoms with Crippen LogP contribution in [0.25, 0.3) is 0 Å². The highest BCUT2D eigenvalue weighted by atomic mass is 16.5. The molecule has 4 heteroatoms. The van der Waals surface area contributed by atoms with Crippen molar-refractivity contribution in [2.45, 2.75) is 44.9 Å². The summed E-state index contributed by atoms with van der Waals surface area (Å²) in [5.41, 5.74) is 8.15. The number of hydrogen-bond donors (Lipinski definition) is 2. The zero-order chi connectivity index (χ0) is 13.8. The number of carbonyl (C=O) groups is 1. The van der Waals surface area contributed by atoms with Crippen LogP contribution >= 0.6 is 0 Å². The summed E-state index contributed by atoms with van der Waals surface area (Å²) in [6.45, 7) is 2.84. The van der Waals surface area contributed by atoms with Gasteiger partial charge in [-0.05, 0) is 49.4 Å². The van der Waals surface area contributed by atoms with Crippen LogP contribution in [0, 0.1) is 6.92 Å². The Labute approximate surface area is 114 Å². The number of aryl methyl sites for hydroxylation is 1. The summed E-state index contributed by atoms with van der Waals surface area (Å²) >= 11 is 0. The topological polar surface area (TPSA) is 64.3 Å². The summed E-state index contributed by atoms with van der Waals surface area (Å²) in [6, 6.07) is 6.15.